The fourth-order valence-electron chi connectivity index (χ4n) is 7.19. The maximum atomic E-state index is 14.0. The summed E-state index contributed by atoms with van der Waals surface area (Å²) in [6, 6.07) is 42.0. The number of ether oxygens (including phenoxy) is 2. The van der Waals surface area contributed by atoms with Crippen LogP contribution >= 0.6 is 23.2 Å². The largest absolute Gasteiger partial charge is 0.489 e. The van der Waals surface area contributed by atoms with Crippen molar-refractivity contribution in [2.75, 3.05) is 11.9 Å². The van der Waals surface area contributed by atoms with Crippen molar-refractivity contribution in [3.8, 4) is 28.7 Å². The summed E-state index contributed by atoms with van der Waals surface area (Å²) in [7, 11) is 0. The molecule has 58 heavy (non-hydrogen) atoms. The number of nitrogens with one attached hydrogen (secondary N) is 2. The molecule has 2 N–H and O–H groups in total. The number of amides is 3. The first-order chi connectivity index (χ1) is 28.2. The molecule has 0 saturated heterocycles. The first-order valence-electron chi connectivity index (χ1n) is 18.8. The highest BCUT2D eigenvalue weighted by atomic mass is 35.5. The second kappa shape index (κ2) is 16.9. The van der Waals surface area contributed by atoms with Gasteiger partial charge in [0.25, 0.3) is 11.8 Å². The molecule has 3 amide bonds. The molecule has 0 saturated carbocycles. The van der Waals surface area contributed by atoms with Crippen LogP contribution in [0.5, 0.6) is 11.5 Å². The Hall–Kier alpha value is -6.60. The van der Waals surface area contributed by atoms with E-state index in [1.807, 2.05) is 60.7 Å². The number of nitrogens with zero attached hydrogens (tertiary/aromatic N) is 2. The normalized spacial score (nSPS) is 15.5. The second-order valence-electron chi connectivity index (χ2n) is 14.2. The van der Waals surface area contributed by atoms with E-state index in [-0.39, 0.29) is 30.7 Å². The smallest absolute Gasteiger partial charge is 0.270 e. The molecule has 9 nitrogen and oxygen atoms in total. The zero-order valence-corrected chi connectivity index (χ0v) is 32.6. The standard InChI is InChI=1S/C47H36Cl2N4O5/c48-39-19-10-31(22-40(39)49)28-57-38-17-15-34(16-18-38)44-46(55)52-41-23-36-24-42(53(27-37(36)25-43(41)58-44)47(56)35-4-2-1-3-5-35)45(54)51-21-20-29-6-11-32(12-7-29)33-13-8-30(26-50)9-14-33/h1-19,22-23,25,42,44H,20-21,24,27-28H2,(H,51,54)(H,52,55). The van der Waals surface area contributed by atoms with Crippen molar-refractivity contribution in [1.29, 1.82) is 5.26 Å². The molecule has 2 unspecified atom stereocenters. The van der Waals surface area contributed by atoms with Gasteiger partial charge in [-0.2, -0.15) is 5.26 Å². The Kier molecular flexibility index (Phi) is 11.1. The fourth-order valence-corrected chi connectivity index (χ4v) is 7.51. The number of anilines is 1. The molecule has 0 aliphatic carbocycles. The summed E-state index contributed by atoms with van der Waals surface area (Å²) in [6.45, 7) is 0.850. The summed E-state index contributed by atoms with van der Waals surface area (Å²) in [5.74, 6) is 0.246. The number of carbonyl (C=O) groups is 3. The average Bonchev–Trinajstić information content (AvgIpc) is 3.26. The summed E-state index contributed by atoms with van der Waals surface area (Å²) in [5.41, 5.74) is 7.88. The summed E-state index contributed by atoms with van der Waals surface area (Å²) < 4.78 is 12.2. The number of nitriles is 1. The van der Waals surface area contributed by atoms with E-state index in [0.717, 1.165) is 33.4 Å². The first kappa shape index (κ1) is 38.3. The number of hydrogen-bond acceptors (Lipinski definition) is 6. The van der Waals surface area contributed by atoms with Crippen molar-refractivity contribution in [3.05, 3.63) is 182 Å². The van der Waals surface area contributed by atoms with E-state index < -0.39 is 12.1 Å². The molecular weight excluding hydrogens is 771 g/mol. The molecular formula is C47H36Cl2N4O5. The lowest BCUT2D eigenvalue weighted by Crippen LogP contribution is -2.52. The van der Waals surface area contributed by atoms with E-state index in [1.54, 1.807) is 77.7 Å². The van der Waals surface area contributed by atoms with Crippen LogP contribution in [0.2, 0.25) is 10.0 Å². The topological polar surface area (TPSA) is 121 Å². The number of hydrogen-bond donors (Lipinski definition) is 2. The molecule has 0 radical (unpaired) electrons. The molecule has 2 aliphatic rings. The van der Waals surface area contributed by atoms with E-state index in [0.29, 0.717) is 63.5 Å². The van der Waals surface area contributed by atoms with Crippen LogP contribution in [-0.4, -0.2) is 35.2 Å². The molecule has 2 heterocycles. The summed E-state index contributed by atoms with van der Waals surface area (Å²) in [5, 5.41) is 16.1. The third-order valence-corrected chi connectivity index (χ3v) is 11.1. The number of halogens is 2. The molecule has 2 atom stereocenters. The van der Waals surface area contributed by atoms with Crippen LogP contribution in [0.15, 0.2) is 133 Å². The number of rotatable bonds is 10. The molecule has 0 spiro atoms. The Morgan fingerprint density at radius 3 is 2.24 bits per heavy atom. The molecule has 288 valence electrons. The van der Waals surface area contributed by atoms with Gasteiger partial charge in [-0.3, -0.25) is 14.4 Å². The minimum Gasteiger partial charge on any atom is -0.489 e. The van der Waals surface area contributed by atoms with Crippen LogP contribution < -0.4 is 20.1 Å². The monoisotopic (exact) mass is 806 g/mol. The van der Waals surface area contributed by atoms with Gasteiger partial charge in [-0.25, -0.2) is 0 Å². The zero-order valence-electron chi connectivity index (χ0n) is 31.1. The molecule has 11 heteroatoms. The van der Waals surface area contributed by atoms with Gasteiger partial charge in [0.15, 0.2) is 0 Å². The van der Waals surface area contributed by atoms with Crippen molar-refractivity contribution in [2.45, 2.75) is 38.1 Å². The molecule has 0 aromatic heterocycles. The van der Waals surface area contributed by atoms with Crippen LogP contribution in [0.4, 0.5) is 5.69 Å². The highest BCUT2D eigenvalue weighted by Crippen LogP contribution is 2.40. The van der Waals surface area contributed by atoms with Gasteiger partial charge < -0.3 is 25.0 Å². The molecule has 6 aromatic rings. The van der Waals surface area contributed by atoms with Gasteiger partial charge in [-0.15, -0.1) is 0 Å². The second-order valence-corrected chi connectivity index (χ2v) is 15.0. The Bertz CT molecular complexity index is 2540. The highest BCUT2D eigenvalue weighted by Gasteiger charge is 2.37. The van der Waals surface area contributed by atoms with Crippen LogP contribution in [0, 0.1) is 11.3 Å². The SMILES string of the molecule is N#Cc1ccc(-c2ccc(CCNC(=O)C3Cc4cc5c(cc4CN3C(=O)c3ccccc3)OC(c3ccc(OCc4ccc(Cl)c(Cl)c4)cc3)C(=O)N5)cc2)cc1. The quantitative estimate of drug-likeness (QED) is 0.143. The van der Waals surface area contributed by atoms with Gasteiger partial charge in [0.1, 0.15) is 24.1 Å². The highest BCUT2D eigenvalue weighted by molar-refractivity contribution is 6.42. The van der Waals surface area contributed by atoms with Gasteiger partial charge in [0.05, 0.1) is 27.4 Å². The minimum absolute atomic E-state index is 0.179. The number of carbonyl (C=O) groups excluding carboxylic acids is 3. The minimum atomic E-state index is -0.911. The Balaban J connectivity index is 0.951. The lowest BCUT2D eigenvalue weighted by Gasteiger charge is -2.37. The van der Waals surface area contributed by atoms with Crippen LogP contribution in [0.3, 0.4) is 0 Å². The summed E-state index contributed by atoms with van der Waals surface area (Å²) >= 11 is 12.2. The maximum Gasteiger partial charge on any atom is 0.270 e. The van der Waals surface area contributed by atoms with Crippen molar-refractivity contribution < 1.29 is 23.9 Å². The van der Waals surface area contributed by atoms with E-state index in [2.05, 4.69) is 16.7 Å². The lowest BCUT2D eigenvalue weighted by molar-refractivity contribution is -0.126. The number of fused-ring (bicyclic) bond motifs is 2. The molecule has 0 bridgehead atoms. The maximum absolute atomic E-state index is 14.0. The predicted octanol–water partition coefficient (Wildman–Crippen LogP) is 9.11. The summed E-state index contributed by atoms with van der Waals surface area (Å²) in [6.07, 6.45) is -0.0528. The van der Waals surface area contributed by atoms with Crippen molar-refractivity contribution in [2.24, 2.45) is 0 Å². The molecule has 2 aliphatic heterocycles. The fraction of sp³-hybridized carbons (Fsp3) is 0.149. The zero-order chi connectivity index (χ0) is 40.2. The molecule has 8 rings (SSSR count). The van der Waals surface area contributed by atoms with E-state index in [1.165, 1.54) is 0 Å². The van der Waals surface area contributed by atoms with Crippen LogP contribution in [-0.2, 0) is 35.6 Å². The van der Waals surface area contributed by atoms with Crippen LogP contribution in [0.25, 0.3) is 11.1 Å². The van der Waals surface area contributed by atoms with Crippen LogP contribution in [0.1, 0.15) is 49.8 Å². The van der Waals surface area contributed by atoms with Gasteiger partial charge in [-0.1, -0.05) is 96.0 Å². The van der Waals surface area contributed by atoms with Gasteiger partial charge in [0, 0.05) is 30.6 Å². The third-order valence-electron chi connectivity index (χ3n) is 10.3. The predicted molar refractivity (Wildman–Crippen MR) is 223 cm³/mol. The number of benzene rings is 6. The van der Waals surface area contributed by atoms with Crippen molar-refractivity contribution in [3.63, 3.8) is 0 Å². The van der Waals surface area contributed by atoms with Gasteiger partial charge in [0.2, 0.25) is 12.0 Å². The Labute approximate surface area is 345 Å². The van der Waals surface area contributed by atoms with E-state index >= 15 is 0 Å². The van der Waals surface area contributed by atoms with Crippen molar-refractivity contribution >= 4 is 46.6 Å². The van der Waals surface area contributed by atoms with E-state index in [4.69, 9.17) is 37.9 Å². The van der Waals surface area contributed by atoms with E-state index in [9.17, 15) is 14.4 Å². The Morgan fingerprint density at radius 1 is 0.828 bits per heavy atom. The van der Waals surface area contributed by atoms with Crippen molar-refractivity contribution in [1.82, 2.24) is 10.2 Å². The molecule has 6 aromatic carbocycles. The van der Waals surface area contributed by atoms with Gasteiger partial charge in [-0.05, 0) is 100 Å². The lowest BCUT2D eigenvalue weighted by atomic mass is 9.91. The average molecular weight is 808 g/mol. The van der Waals surface area contributed by atoms with Gasteiger partial charge >= 0.3 is 0 Å². The first-order valence-corrected chi connectivity index (χ1v) is 19.5. The third kappa shape index (κ3) is 8.40. The molecule has 0 fully saturated rings. The summed E-state index contributed by atoms with van der Waals surface area (Å²) in [4.78, 5) is 42.9. The Morgan fingerprint density at radius 2 is 1.53 bits per heavy atom.